The van der Waals surface area contributed by atoms with Gasteiger partial charge >= 0.3 is 0 Å². The molecule has 5 nitrogen and oxygen atoms in total. The molecule has 0 aliphatic heterocycles. The van der Waals surface area contributed by atoms with E-state index in [0.717, 1.165) is 18.4 Å². The molecule has 1 aliphatic rings. The highest BCUT2D eigenvalue weighted by atomic mass is 16.6. The second-order valence-corrected chi connectivity index (χ2v) is 4.59. The van der Waals surface area contributed by atoms with E-state index in [9.17, 15) is 10.1 Å². The minimum Gasteiger partial charge on any atom is -0.496 e. The lowest BCUT2D eigenvalue weighted by Gasteiger charge is -2.22. The highest BCUT2D eigenvalue weighted by Crippen LogP contribution is 2.53. The van der Waals surface area contributed by atoms with Crippen LogP contribution in [0.15, 0.2) is 18.2 Å². The van der Waals surface area contributed by atoms with Crippen molar-refractivity contribution in [3.8, 4) is 5.75 Å². The van der Waals surface area contributed by atoms with Crippen LogP contribution in [0.5, 0.6) is 5.75 Å². The molecule has 17 heavy (non-hydrogen) atoms. The van der Waals surface area contributed by atoms with E-state index in [-0.39, 0.29) is 17.1 Å². The zero-order valence-corrected chi connectivity index (χ0v) is 9.97. The lowest BCUT2D eigenvalue weighted by Crippen LogP contribution is -2.31. The maximum atomic E-state index is 10.7. The molecule has 1 saturated carbocycles. The molecule has 2 rings (SSSR count). The number of ether oxygens (including phenoxy) is 1. The molecule has 0 heterocycles. The fourth-order valence-corrected chi connectivity index (χ4v) is 2.31. The standard InChI is InChI=1S/C12H16N2O3/c1-8(13)12(5-6-12)10-4-3-9(14(15)16)7-11(10)17-2/h3-4,7-8H,5-6,13H2,1-2H3. The van der Waals surface area contributed by atoms with Crippen LogP contribution in [-0.2, 0) is 5.41 Å². The van der Waals surface area contributed by atoms with Crippen molar-refractivity contribution in [2.75, 3.05) is 7.11 Å². The predicted octanol–water partition coefficient (Wildman–Crippen LogP) is 1.98. The Balaban J connectivity index is 2.45. The Bertz CT molecular complexity index is 453. The number of non-ortho nitro benzene ring substituents is 1. The largest absolute Gasteiger partial charge is 0.496 e. The van der Waals surface area contributed by atoms with E-state index >= 15 is 0 Å². The monoisotopic (exact) mass is 236 g/mol. The predicted molar refractivity (Wildman–Crippen MR) is 64.2 cm³/mol. The Kier molecular flexibility index (Phi) is 2.79. The Labute approximate surface area is 99.7 Å². The molecule has 1 aliphatic carbocycles. The van der Waals surface area contributed by atoms with Crippen molar-refractivity contribution in [2.24, 2.45) is 5.73 Å². The molecule has 1 aromatic carbocycles. The second-order valence-electron chi connectivity index (χ2n) is 4.59. The van der Waals surface area contributed by atoms with Crippen molar-refractivity contribution in [3.05, 3.63) is 33.9 Å². The number of hydrogen-bond acceptors (Lipinski definition) is 4. The normalized spacial score (nSPS) is 18.5. The third kappa shape index (κ3) is 1.86. The molecule has 92 valence electrons. The maximum absolute atomic E-state index is 10.7. The molecule has 1 fully saturated rings. The van der Waals surface area contributed by atoms with Gasteiger partial charge in [0.15, 0.2) is 0 Å². The van der Waals surface area contributed by atoms with Gasteiger partial charge in [0, 0.05) is 23.1 Å². The summed E-state index contributed by atoms with van der Waals surface area (Å²) in [6.07, 6.45) is 2.03. The highest BCUT2D eigenvalue weighted by Gasteiger charge is 2.49. The molecule has 0 saturated heterocycles. The van der Waals surface area contributed by atoms with Crippen molar-refractivity contribution < 1.29 is 9.66 Å². The molecule has 5 heteroatoms. The lowest BCUT2D eigenvalue weighted by molar-refractivity contribution is -0.384. The van der Waals surface area contributed by atoms with Crippen molar-refractivity contribution in [1.82, 2.24) is 0 Å². The zero-order chi connectivity index (χ0) is 12.6. The summed E-state index contributed by atoms with van der Waals surface area (Å²) in [6.45, 7) is 1.97. The van der Waals surface area contributed by atoms with Crippen molar-refractivity contribution in [3.63, 3.8) is 0 Å². The Hall–Kier alpha value is -1.62. The average Bonchev–Trinajstić information content (AvgIpc) is 3.09. The van der Waals surface area contributed by atoms with Gasteiger partial charge in [0.1, 0.15) is 5.75 Å². The lowest BCUT2D eigenvalue weighted by atomic mass is 9.88. The minimum atomic E-state index is -0.419. The second kappa shape index (κ2) is 4.00. The number of methoxy groups -OCH3 is 1. The molecule has 2 N–H and O–H groups in total. The van der Waals surface area contributed by atoms with Gasteiger partial charge in [-0.05, 0) is 25.8 Å². The number of rotatable bonds is 4. The molecular formula is C12H16N2O3. The SMILES string of the molecule is COc1cc([N+](=O)[O-])ccc1C1(C(C)N)CC1. The number of nitrogens with two attached hydrogens (primary N) is 1. The van der Waals surface area contributed by atoms with Crippen LogP contribution in [-0.4, -0.2) is 18.1 Å². The summed E-state index contributed by atoms with van der Waals surface area (Å²) in [7, 11) is 1.53. The smallest absolute Gasteiger partial charge is 0.273 e. The van der Waals surface area contributed by atoms with Crippen LogP contribution in [0.25, 0.3) is 0 Å². The number of nitro benzene ring substituents is 1. The van der Waals surface area contributed by atoms with Crippen LogP contribution >= 0.6 is 0 Å². The van der Waals surface area contributed by atoms with Gasteiger partial charge in [0.25, 0.3) is 5.69 Å². The third-order valence-corrected chi connectivity index (χ3v) is 3.59. The van der Waals surface area contributed by atoms with Crippen LogP contribution in [0.3, 0.4) is 0 Å². The summed E-state index contributed by atoms with van der Waals surface area (Å²) in [5.74, 6) is 0.564. The van der Waals surface area contributed by atoms with Crippen LogP contribution < -0.4 is 10.5 Å². The number of benzene rings is 1. The van der Waals surface area contributed by atoms with Crippen molar-refractivity contribution in [2.45, 2.75) is 31.2 Å². The van der Waals surface area contributed by atoms with Gasteiger partial charge in [-0.2, -0.15) is 0 Å². The van der Waals surface area contributed by atoms with E-state index in [1.807, 2.05) is 6.92 Å². The van der Waals surface area contributed by atoms with E-state index in [4.69, 9.17) is 10.5 Å². The summed E-state index contributed by atoms with van der Waals surface area (Å²) in [6, 6.07) is 4.78. The van der Waals surface area contributed by atoms with Gasteiger partial charge in [-0.1, -0.05) is 0 Å². The van der Waals surface area contributed by atoms with Gasteiger partial charge in [0.05, 0.1) is 18.1 Å². The fourth-order valence-electron chi connectivity index (χ4n) is 2.31. The first-order valence-corrected chi connectivity index (χ1v) is 5.60. The summed E-state index contributed by atoms with van der Waals surface area (Å²) < 4.78 is 5.25. The van der Waals surface area contributed by atoms with E-state index < -0.39 is 4.92 Å². The molecule has 1 unspecified atom stereocenters. The molecule has 1 aromatic rings. The summed E-state index contributed by atoms with van der Waals surface area (Å²) in [4.78, 5) is 10.3. The number of nitro groups is 1. The maximum Gasteiger partial charge on any atom is 0.273 e. The van der Waals surface area contributed by atoms with Crippen molar-refractivity contribution >= 4 is 5.69 Å². The highest BCUT2D eigenvalue weighted by molar-refractivity contribution is 5.50. The van der Waals surface area contributed by atoms with Crippen LogP contribution in [0.1, 0.15) is 25.3 Å². The van der Waals surface area contributed by atoms with Crippen LogP contribution in [0.4, 0.5) is 5.69 Å². The topological polar surface area (TPSA) is 78.4 Å². The third-order valence-electron chi connectivity index (χ3n) is 3.59. The first-order valence-electron chi connectivity index (χ1n) is 5.60. The summed E-state index contributed by atoms with van der Waals surface area (Å²) >= 11 is 0. The summed E-state index contributed by atoms with van der Waals surface area (Å²) in [5, 5.41) is 10.7. The van der Waals surface area contributed by atoms with E-state index in [2.05, 4.69) is 0 Å². The van der Waals surface area contributed by atoms with Gasteiger partial charge < -0.3 is 10.5 Å². The van der Waals surface area contributed by atoms with Gasteiger partial charge in [-0.25, -0.2) is 0 Å². The minimum absolute atomic E-state index is 0.0258. The fraction of sp³-hybridized carbons (Fsp3) is 0.500. The summed E-state index contributed by atoms with van der Waals surface area (Å²) in [5.41, 5.74) is 6.98. The van der Waals surface area contributed by atoms with Crippen LogP contribution in [0.2, 0.25) is 0 Å². The van der Waals surface area contributed by atoms with E-state index in [1.165, 1.54) is 19.2 Å². The Morgan fingerprint density at radius 3 is 2.59 bits per heavy atom. The first kappa shape index (κ1) is 11.9. The Morgan fingerprint density at radius 2 is 2.18 bits per heavy atom. The molecule has 0 aromatic heterocycles. The molecule has 0 radical (unpaired) electrons. The molecule has 0 amide bonds. The van der Waals surface area contributed by atoms with E-state index in [0.29, 0.717) is 5.75 Å². The number of hydrogen-bond donors (Lipinski definition) is 1. The zero-order valence-electron chi connectivity index (χ0n) is 9.97. The Morgan fingerprint density at radius 1 is 1.53 bits per heavy atom. The molecule has 0 spiro atoms. The van der Waals surface area contributed by atoms with Gasteiger partial charge in [-0.15, -0.1) is 0 Å². The van der Waals surface area contributed by atoms with Crippen LogP contribution in [0, 0.1) is 10.1 Å². The molecular weight excluding hydrogens is 220 g/mol. The average molecular weight is 236 g/mol. The molecule has 1 atom stereocenters. The first-order chi connectivity index (χ1) is 8.01. The number of nitrogens with zero attached hydrogens (tertiary/aromatic N) is 1. The van der Waals surface area contributed by atoms with E-state index in [1.54, 1.807) is 6.07 Å². The van der Waals surface area contributed by atoms with Gasteiger partial charge in [-0.3, -0.25) is 10.1 Å². The van der Waals surface area contributed by atoms with Gasteiger partial charge in [0.2, 0.25) is 0 Å². The quantitative estimate of drug-likeness (QED) is 0.640. The molecule has 0 bridgehead atoms. The van der Waals surface area contributed by atoms with Crippen molar-refractivity contribution in [1.29, 1.82) is 0 Å².